The highest BCUT2D eigenvalue weighted by Gasteiger charge is 2.42. The molecule has 0 radical (unpaired) electrons. The fourth-order valence-electron chi connectivity index (χ4n) is 4.64. The molecule has 1 aliphatic heterocycles. The Kier molecular flexibility index (Phi) is 5.99. The minimum Gasteiger partial charge on any atom is -0.295 e. The third-order valence-corrected chi connectivity index (χ3v) is 7.20. The van der Waals surface area contributed by atoms with E-state index in [1.807, 2.05) is 69.3 Å². The van der Waals surface area contributed by atoms with Gasteiger partial charge in [0, 0.05) is 5.56 Å². The van der Waals surface area contributed by atoms with Gasteiger partial charge in [-0.3, -0.25) is 19.5 Å². The minimum atomic E-state index is -0.733. The van der Waals surface area contributed by atoms with E-state index in [1.54, 1.807) is 4.57 Å². The van der Waals surface area contributed by atoms with Crippen molar-refractivity contribution in [2.45, 2.75) is 53.0 Å². The number of hydrogen-bond donors (Lipinski definition) is 2. The van der Waals surface area contributed by atoms with Gasteiger partial charge in [-0.05, 0) is 55.5 Å². The quantitative estimate of drug-likeness (QED) is 0.412. The molecule has 1 atom stereocenters. The van der Waals surface area contributed by atoms with E-state index in [0.717, 1.165) is 35.1 Å². The summed E-state index contributed by atoms with van der Waals surface area (Å²) in [5.41, 5.74) is 4.04. The van der Waals surface area contributed by atoms with Crippen molar-refractivity contribution in [3.05, 3.63) is 64.6 Å². The molecule has 0 saturated heterocycles. The smallest absolute Gasteiger partial charge is 0.263 e. The monoisotopic (exact) mass is 483 g/mol. The van der Waals surface area contributed by atoms with Gasteiger partial charge in [-0.1, -0.05) is 61.9 Å². The fourth-order valence-corrected chi connectivity index (χ4v) is 4.64. The van der Waals surface area contributed by atoms with Crippen LogP contribution in [0.5, 0.6) is 0 Å². The van der Waals surface area contributed by atoms with Crippen molar-refractivity contribution in [3.63, 3.8) is 0 Å². The molecule has 2 aromatic heterocycles. The van der Waals surface area contributed by atoms with Crippen LogP contribution in [0.2, 0.25) is 0 Å². The first-order valence-corrected chi connectivity index (χ1v) is 12.2. The molecule has 0 saturated carbocycles. The molecule has 5 rings (SSSR count). The SMILES string of the molecule is CCCCc1nc2n(c(=O)c1-c1ccc(-c3ccccc3-c3nn[nH]n3)cc1)C(C)C(C)(C)C(=O)N2. The number of aryl methyl sites for hydroxylation is 1. The van der Waals surface area contributed by atoms with E-state index in [9.17, 15) is 9.59 Å². The number of benzene rings is 2. The first kappa shape index (κ1) is 23.6. The molecule has 0 spiro atoms. The number of nitrogens with zero attached hydrogens (tertiary/aromatic N) is 5. The molecule has 2 aromatic carbocycles. The van der Waals surface area contributed by atoms with Gasteiger partial charge in [0.1, 0.15) is 0 Å². The van der Waals surface area contributed by atoms with Crippen LogP contribution in [-0.4, -0.2) is 36.1 Å². The molecule has 3 heterocycles. The summed E-state index contributed by atoms with van der Waals surface area (Å²) in [6, 6.07) is 15.4. The summed E-state index contributed by atoms with van der Waals surface area (Å²) in [7, 11) is 0. The lowest BCUT2D eigenvalue weighted by Crippen LogP contribution is -2.48. The number of unbranched alkanes of at least 4 members (excludes halogenated alkanes) is 1. The molecular formula is C27H29N7O2. The second kappa shape index (κ2) is 9.14. The van der Waals surface area contributed by atoms with Crippen molar-refractivity contribution in [1.29, 1.82) is 0 Å². The third kappa shape index (κ3) is 3.90. The zero-order chi connectivity index (χ0) is 25.4. The van der Waals surface area contributed by atoms with Crippen molar-refractivity contribution in [3.8, 4) is 33.6 Å². The van der Waals surface area contributed by atoms with Crippen LogP contribution in [0.15, 0.2) is 53.3 Å². The molecule has 1 amide bonds. The van der Waals surface area contributed by atoms with Gasteiger partial charge in [0.2, 0.25) is 17.7 Å². The van der Waals surface area contributed by atoms with Crippen molar-refractivity contribution in [2.24, 2.45) is 5.41 Å². The van der Waals surface area contributed by atoms with Crippen molar-refractivity contribution in [2.75, 3.05) is 5.32 Å². The maximum Gasteiger partial charge on any atom is 0.263 e. The fraction of sp³-hybridized carbons (Fsp3) is 0.333. The number of aromatic nitrogens is 6. The average Bonchev–Trinajstić information content (AvgIpc) is 3.41. The van der Waals surface area contributed by atoms with Gasteiger partial charge < -0.3 is 0 Å². The first-order valence-electron chi connectivity index (χ1n) is 12.2. The molecule has 0 bridgehead atoms. The van der Waals surface area contributed by atoms with Crippen LogP contribution in [-0.2, 0) is 11.2 Å². The topological polar surface area (TPSA) is 118 Å². The summed E-state index contributed by atoms with van der Waals surface area (Å²) in [5, 5.41) is 17.3. The molecule has 2 N–H and O–H groups in total. The van der Waals surface area contributed by atoms with E-state index in [0.29, 0.717) is 29.5 Å². The predicted molar refractivity (Wildman–Crippen MR) is 138 cm³/mol. The highest BCUT2D eigenvalue weighted by Crippen LogP contribution is 2.38. The summed E-state index contributed by atoms with van der Waals surface area (Å²) in [5.74, 6) is 0.727. The molecule has 1 unspecified atom stereocenters. The average molecular weight is 484 g/mol. The van der Waals surface area contributed by atoms with E-state index < -0.39 is 5.41 Å². The van der Waals surface area contributed by atoms with Gasteiger partial charge in [-0.15, -0.1) is 10.2 Å². The lowest BCUT2D eigenvalue weighted by Gasteiger charge is -2.37. The molecule has 4 aromatic rings. The van der Waals surface area contributed by atoms with E-state index in [1.165, 1.54) is 0 Å². The Balaban J connectivity index is 1.62. The molecule has 0 fully saturated rings. The number of fused-ring (bicyclic) bond motifs is 1. The van der Waals surface area contributed by atoms with Crippen LogP contribution < -0.4 is 10.9 Å². The Morgan fingerprint density at radius 2 is 1.69 bits per heavy atom. The van der Waals surface area contributed by atoms with Crippen LogP contribution in [0.1, 0.15) is 52.3 Å². The van der Waals surface area contributed by atoms with Gasteiger partial charge in [-0.25, -0.2) is 4.98 Å². The zero-order valence-electron chi connectivity index (χ0n) is 20.9. The summed E-state index contributed by atoms with van der Waals surface area (Å²) < 4.78 is 1.63. The number of hydrogen-bond acceptors (Lipinski definition) is 6. The van der Waals surface area contributed by atoms with E-state index in [4.69, 9.17) is 4.98 Å². The molecule has 9 heteroatoms. The van der Waals surface area contributed by atoms with Crippen LogP contribution >= 0.6 is 0 Å². The maximum atomic E-state index is 13.9. The summed E-state index contributed by atoms with van der Waals surface area (Å²) in [6.45, 7) is 7.71. The van der Waals surface area contributed by atoms with Gasteiger partial charge in [0.05, 0.1) is 22.7 Å². The highest BCUT2D eigenvalue weighted by molar-refractivity contribution is 5.95. The lowest BCUT2D eigenvalue weighted by molar-refractivity contribution is -0.127. The number of anilines is 1. The van der Waals surface area contributed by atoms with Gasteiger partial charge in [0.25, 0.3) is 5.56 Å². The maximum absolute atomic E-state index is 13.9. The highest BCUT2D eigenvalue weighted by atomic mass is 16.2. The summed E-state index contributed by atoms with van der Waals surface area (Å²) in [6.07, 6.45) is 2.53. The van der Waals surface area contributed by atoms with Crippen molar-refractivity contribution in [1.82, 2.24) is 30.2 Å². The number of amides is 1. The van der Waals surface area contributed by atoms with Gasteiger partial charge in [-0.2, -0.15) is 5.21 Å². The molecular weight excluding hydrogens is 454 g/mol. The lowest BCUT2D eigenvalue weighted by atomic mass is 9.82. The second-order valence-corrected chi connectivity index (χ2v) is 9.75. The Labute approximate surface area is 209 Å². The largest absolute Gasteiger partial charge is 0.295 e. The van der Waals surface area contributed by atoms with Crippen LogP contribution in [0, 0.1) is 5.41 Å². The Morgan fingerprint density at radius 3 is 2.36 bits per heavy atom. The Bertz CT molecular complexity index is 1470. The third-order valence-electron chi connectivity index (χ3n) is 7.20. The predicted octanol–water partition coefficient (Wildman–Crippen LogP) is 4.64. The molecule has 184 valence electrons. The first-order chi connectivity index (χ1) is 17.3. The van der Waals surface area contributed by atoms with Crippen LogP contribution in [0.3, 0.4) is 0 Å². The van der Waals surface area contributed by atoms with Gasteiger partial charge in [0.15, 0.2) is 0 Å². The normalized spacial score (nSPS) is 16.4. The number of tetrazole rings is 1. The molecule has 36 heavy (non-hydrogen) atoms. The number of rotatable bonds is 6. The summed E-state index contributed by atoms with van der Waals surface area (Å²) in [4.78, 5) is 31.4. The van der Waals surface area contributed by atoms with Crippen molar-refractivity contribution < 1.29 is 4.79 Å². The molecule has 0 aliphatic carbocycles. The van der Waals surface area contributed by atoms with E-state index in [-0.39, 0.29) is 17.5 Å². The van der Waals surface area contributed by atoms with Gasteiger partial charge >= 0.3 is 0 Å². The van der Waals surface area contributed by atoms with Crippen LogP contribution in [0.25, 0.3) is 33.6 Å². The summed E-state index contributed by atoms with van der Waals surface area (Å²) >= 11 is 0. The second-order valence-electron chi connectivity index (χ2n) is 9.75. The van der Waals surface area contributed by atoms with E-state index >= 15 is 0 Å². The standard InChI is InChI=1S/C27H29N7O2/c1-5-6-11-21-22(24(35)34-16(2)27(3,4)25(36)29-26(34)28-21)18-14-12-17(13-15-18)19-9-7-8-10-20(19)23-30-32-33-31-23/h7-10,12-16H,5-6,11H2,1-4H3,(H,28,29,36)(H,30,31,32,33). The Hall–Kier alpha value is -4.14. The van der Waals surface area contributed by atoms with Crippen LogP contribution in [0.4, 0.5) is 5.95 Å². The molecule has 9 nitrogen and oxygen atoms in total. The zero-order valence-corrected chi connectivity index (χ0v) is 20.9. The minimum absolute atomic E-state index is 0.124. The number of carbonyl (C=O) groups is 1. The number of aromatic amines is 1. The number of nitrogens with one attached hydrogen (secondary N) is 2. The Morgan fingerprint density at radius 1 is 1.00 bits per heavy atom. The number of carbonyl (C=O) groups excluding carboxylic acids is 1. The molecule has 1 aliphatic rings. The van der Waals surface area contributed by atoms with E-state index in [2.05, 4.69) is 32.9 Å². The van der Waals surface area contributed by atoms with Crippen molar-refractivity contribution >= 4 is 11.9 Å². The number of H-pyrrole nitrogens is 1.